The molecule has 0 aromatic heterocycles. The Hall–Kier alpha value is -0.710. The van der Waals surface area contributed by atoms with Crippen LogP contribution in [0.25, 0.3) is 0 Å². The van der Waals surface area contributed by atoms with Gasteiger partial charge in [-0.1, -0.05) is 58.6 Å². The standard InChI is InChI=1S/C22H32ClN2OS.2CH2/c23-21-9-8-19(27-16-18-10-12-24-13-11-18)14-20(21)22(26)25-15-17-6-4-2-1-3-5-7-17;;/h8-9,14,18,24H,1-7,10-13,15-16H2,(H,25,26);2*1H2. The average Bonchev–Trinajstić information content (AvgIpc) is 2.67. The van der Waals surface area contributed by atoms with Crippen molar-refractivity contribution in [3.8, 4) is 0 Å². The van der Waals surface area contributed by atoms with Gasteiger partial charge in [0.15, 0.2) is 0 Å². The monoisotopic (exact) mass is 435 g/mol. The highest BCUT2D eigenvalue weighted by molar-refractivity contribution is 7.99. The van der Waals surface area contributed by atoms with E-state index >= 15 is 0 Å². The first kappa shape index (κ1) is 26.3. The van der Waals surface area contributed by atoms with Gasteiger partial charge in [-0.25, -0.2) is 0 Å². The highest BCUT2D eigenvalue weighted by Gasteiger charge is 2.17. The molecule has 5 radical (unpaired) electrons. The lowest BCUT2D eigenvalue weighted by molar-refractivity contribution is 0.0954. The van der Waals surface area contributed by atoms with Crippen LogP contribution in [0.1, 0.15) is 68.1 Å². The molecule has 2 N–H and O–H groups in total. The third-order valence-electron chi connectivity index (χ3n) is 5.69. The number of thioether (sulfide) groups is 1. The van der Waals surface area contributed by atoms with Crippen LogP contribution in [0, 0.1) is 26.7 Å². The van der Waals surface area contributed by atoms with Crippen LogP contribution in [0.4, 0.5) is 0 Å². The molecule has 0 bridgehead atoms. The predicted molar refractivity (Wildman–Crippen MR) is 126 cm³/mol. The molecule has 3 rings (SSSR count). The van der Waals surface area contributed by atoms with E-state index in [2.05, 4.69) is 10.6 Å². The summed E-state index contributed by atoms with van der Waals surface area (Å²) in [5.74, 6) is 3.32. The Morgan fingerprint density at radius 3 is 2.41 bits per heavy atom. The van der Waals surface area contributed by atoms with Gasteiger partial charge in [-0.3, -0.25) is 4.79 Å². The molecule has 0 atom stereocenters. The summed E-state index contributed by atoms with van der Waals surface area (Å²) in [5.41, 5.74) is 0.610. The number of rotatable bonds is 6. The van der Waals surface area contributed by atoms with E-state index in [4.69, 9.17) is 11.6 Å². The van der Waals surface area contributed by atoms with Crippen LogP contribution in [-0.2, 0) is 0 Å². The summed E-state index contributed by atoms with van der Waals surface area (Å²) in [6.07, 6.45) is 11.3. The molecule has 0 spiro atoms. The number of halogens is 1. The van der Waals surface area contributed by atoms with Crippen molar-refractivity contribution in [2.45, 2.75) is 62.7 Å². The Morgan fingerprint density at radius 2 is 1.72 bits per heavy atom. The number of piperidine rings is 1. The quantitative estimate of drug-likeness (QED) is 0.527. The number of carbonyl (C=O) groups is 1. The Balaban J connectivity index is 0.00000210. The van der Waals surface area contributed by atoms with Crippen molar-refractivity contribution in [1.82, 2.24) is 10.6 Å². The van der Waals surface area contributed by atoms with Crippen LogP contribution in [-0.4, -0.2) is 31.3 Å². The maximum atomic E-state index is 12.7. The third-order valence-corrected chi connectivity index (χ3v) is 7.24. The van der Waals surface area contributed by atoms with Gasteiger partial charge < -0.3 is 10.6 Å². The minimum absolute atomic E-state index is 0. The SMILES string of the molecule is O=C(NC[C]1CCCCCCC1)c1cc(SCC2CCNCC2)ccc1Cl.[CH2].[CH2]. The second-order valence-electron chi connectivity index (χ2n) is 7.85. The topological polar surface area (TPSA) is 41.1 Å². The number of hydrogen-bond donors (Lipinski definition) is 2. The van der Waals surface area contributed by atoms with Gasteiger partial charge in [-0.2, -0.15) is 0 Å². The zero-order valence-electron chi connectivity index (χ0n) is 17.6. The van der Waals surface area contributed by atoms with Gasteiger partial charge in [0.25, 0.3) is 5.91 Å². The molecule has 5 heteroatoms. The molecule has 1 aliphatic heterocycles. The first-order chi connectivity index (χ1) is 13.2. The van der Waals surface area contributed by atoms with Gasteiger partial charge >= 0.3 is 0 Å². The largest absolute Gasteiger partial charge is 0.351 e. The van der Waals surface area contributed by atoms with Crippen molar-refractivity contribution >= 4 is 29.3 Å². The molecule has 1 heterocycles. The van der Waals surface area contributed by atoms with Gasteiger partial charge in [0, 0.05) is 17.2 Å². The van der Waals surface area contributed by atoms with E-state index in [0.717, 1.165) is 42.5 Å². The van der Waals surface area contributed by atoms with Crippen molar-refractivity contribution in [1.29, 1.82) is 0 Å². The molecular weight excluding hydrogens is 400 g/mol. The summed E-state index contributed by atoms with van der Waals surface area (Å²) in [5, 5.41) is 7.07. The van der Waals surface area contributed by atoms with Crippen LogP contribution in [0.15, 0.2) is 23.1 Å². The van der Waals surface area contributed by atoms with E-state index < -0.39 is 0 Å². The maximum Gasteiger partial charge on any atom is 0.252 e. The lowest BCUT2D eigenvalue weighted by Crippen LogP contribution is -2.29. The van der Waals surface area contributed by atoms with Crippen LogP contribution < -0.4 is 10.6 Å². The summed E-state index contributed by atoms with van der Waals surface area (Å²) in [4.78, 5) is 13.8. The predicted octanol–water partition coefficient (Wildman–Crippen LogP) is 6.13. The van der Waals surface area contributed by atoms with Crippen molar-refractivity contribution < 1.29 is 4.79 Å². The van der Waals surface area contributed by atoms with Crippen molar-refractivity contribution in [3.05, 3.63) is 49.6 Å². The van der Waals surface area contributed by atoms with Crippen molar-refractivity contribution in [2.24, 2.45) is 5.92 Å². The van der Waals surface area contributed by atoms with E-state index in [0.29, 0.717) is 17.1 Å². The fourth-order valence-electron chi connectivity index (χ4n) is 3.91. The number of hydrogen-bond acceptors (Lipinski definition) is 3. The van der Waals surface area contributed by atoms with Gasteiger partial charge in [0.05, 0.1) is 10.6 Å². The van der Waals surface area contributed by atoms with Gasteiger partial charge in [0.2, 0.25) is 0 Å². The van der Waals surface area contributed by atoms with Crippen LogP contribution >= 0.6 is 23.4 Å². The molecule has 3 nitrogen and oxygen atoms in total. The van der Waals surface area contributed by atoms with Gasteiger partial charge in [-0.05, 0) is 68.8 Å². The first-order valence-corrected chi connectivity index (χ1v) is 11.8. The number of carbonyl (C=O) groups excluding carboxylic acids is 1. The maximum absolute atomic E-state index is 12.7. The Bertz CT molecular complexity index is 597. The Kier molecular flexibility index (Phi) is 13.0. The number of nitrogens with one attached hydrogen (secondary N) is 2. The molecule has 0 unspecified atom stereocenters. The summed E-state index contributed by atoms with van der Waals surface area (Å²) in [7, 11) is 0. The number of amides is 1. The summed E-state index contributed by atoms with van der Waals surface area (Å²) >= 11 is 8.17. The molecule has 1 aromatic rings. The molecular formula is C24H36ClN2OS. The molecule has 1 aromatic carbocycles. The molecule has 29 heavy (non-hydrogen) atoms. The van der Waals surface area contributed by atoms with E-state index in [1.165, 1.54) is 50.9 Å². The van der Waals surface area contributed by atoms with E-state index in [1.807, 2.05) is 30.0 Å². The van der Waals surface area contributed by atoms with E-state index in [9.17, 15) is 4.79 Å². The smallest absolute Gasteiger partial charge is 0.252 e. The lowest BCUT2D eigenvalue weighted by Gasteiger charge is -2.22. The normalized spacial score (nSPS) is 18.7. The summed E-state index contributed by atoms with van der Waals surface area (Å²) < 4.78 is 0. The zero-order valence-corrected chi connectivity index (χ0v) is 19.2. The van der Waals surface area contributed by atoms with Crippen molar-refractivity contribution in [2.75, 3.05) is 25.4 Å². The summed E-state index contributed by atoms with van der Waals surface area (Å²) in [6, 6.07) is 5.87. The van der Waals surface area contributed by atoms with Crippen molar-refractivity contribution in [3.63, 3.8) is 0 Å². The first-order valence-electron chi connectivity index (χ1n) is 10.5. The zero-order chi connectivity index (χ0) is 18.9. The highest BCUT2D eigenvalue weighted by Crippen LogP contribution is 2.29. The molecule has 2 fully saturated rings. The molecule has 2 aliphatic rings. The average molecular weight is 436 g/mol. The van der Waals surface area contributed by atoms with E-state index in [1.54, 1.807) is 0 Å². The van der Waals surface area contributed by atoms with Crippen LogP contribution in [0.3, 0.4) is 0 Å². The second kappa shape index (κ2) is 14.3. The minimum atomic E-state index is -0.0427. The molecule has 1 saturated carbocycles. The number of benzene rings is 1. The lowest BCUT2D eigenvalue weighted by atomic mass is 9.91. The van der Waals surface area contributed by atoms with E-state index in [-0.39, 0.29) is 20.8 Å². The molecule has 1 amide bonds. The molecule has 1 saturated heterocycles. The minimum Gasteiger partial charge on any atom is -0.351 e. The van der Waals surface area contributed by atoms with Crippen LogP contribution in [0.5, 0.6) is 0 Å². The fourth-order valence-corrected chi connectivity index (χ4v) is 5.24. The van der Waals surface area contributed by atoms with Crippen LogP contribution in [0.2, 0.25) is 5.02 Å². The Morgan fingerprint density at radius 1 is 1.07 bits per heavy atom. The van der Waals surface area contributed by atoms with Gasteiger partial charge in [0.1, 0.15) is 0 Å². The third kappa shape index (κ3) is 8.90. The summed E-state index contributed by atoms with van der Waals surface area (Å²) in [6.45, 7) is 2.94. The fraction of sp³-hybridized carbons (Fsp3) is 0.583. The second-order valence-corrected chi connectivity index (χ2v) is 9.35. The highest BCUT2D eigenvalue weighted by atomic mass is 35.5. The van der Waals surface area contributed by atoms with Gasteiger partial charge in [-0.15, -0.1) is 11.8 Å². The molecule has 1 aliphatic carbocycles. The Labute approximate surface area is 188 Å². The molecule has 161 valence electrons.